The molecule has 12 rings (SSSR count). The Balaban J connectivity index is 1.18. The SMILES string of the molecule is c1ccc(C2NC(c3ccc4c(c3)C3(c5ccccc5N(c5ccccc5)c5ccccc53)c3c-4c4ccccc4c4ccccc34)Nc3ccccc32)cc1. The Bertz CT molecular complexity index is 2960. The third kappa shape index (κ3) is 4.26. The average molecular weight is 716 g/mol. The molecule has 2 aliphatic heterocycles. The van der Waals surface area contributed by atoms with Crippen LogP contribution in [0.1, 0.15) is 51.2 Å². The number of hydrogen-bond donors (Lipinski definition) is 2. The van der Waals surface area contributed by atoms with Crippen LogP contribution in [-0.4, -0.2) is 0 Å². The van der Waals surface area contributed by atoms with E-state index in [-0.39, 0.29) is 12.2 Å². The van der Waals surface area contributed by atoms with Crippen LogP contribution in [0.3, 0.4) is 0 Å². The van der Waals surface area contributed by atoms with Crippen LogP contribution in [0.2, 0.25) is 0 Å². The molecule has 3 heteroatoms. The van der Waals surface area contributed by atoms with Crippen molar-refractivity contribution in [1.29, 1.82) is 0 Å². The Morgan fingerprint density at radius 3 is 1.75 bits per heavy atom. The number of para-hydroxylation sites is 4. The summed E-state index contributed by atoms with van der Waals surface area (Å²) < 4.78 is 0. The van der Waals surface area contributed by atoms with Crippen LogP contribution in [0.5, 0.6) is 0 Å². The molecule has 0 bridgehead atoms. The van der Waals surface area contributed by atoms with E-state index in [1.807, 2.05) is 0 Å². The summed E-state index contributed by atoms with van der Waals surface area (Å²) in [6.07, 6.45) is -0.121. The zero-order valence-corrected chi connectivity index (χ0v) is 30.7. The fourth-order valence-corrected chi connectivity index (χ4v) is 10.3. The summed E-state index contributed by atoms with van der Waals surface area (Å²) in [5.41, 5.74) is 15.7. The molecule has 0 radical (unpaired) electrons. The van der Waals surface area contributed by atoms with E-state index in [1.165, 1.54) is 83.0 Å². The lowest BCUT2D eigenvalue weighted by atomic mass is 9.63. The van der Waals surface area contributed by atoms with E-state index < -0.39 is 5.41 Å². The minimum Gasteiger partial charge on any atom is -0.366 e. The lowest BCUT2D eigenvalue weighted by molar-refractivity contribution is 0.505. The van der Waals surface area contributed by atoms with Crippen molar-refractivity contribution in [2.75, 3.05) is 10.2 Å². The number of hydrogen-bond acceptors (Lipinski definition) is 3. The summed E-state index contributed by atoms with van der Waals surface area (Å²) in [4.78, 5) is 2.46. The van der Waals surface area contributed by atoms with Gasteiger partial charge in [0.2, 0.25) is 0 Å². The lowest BCUT2D eigenvalue weighted by Crippen LogP contribution is -2.38. The fourth-order valence-electron chi connectivity index (χ4n) is 10.3. The fraction of sp³-hybridized carbons (Fsp3) is 0.0566. The molecule has 0 saturated carbocycles. The highest BCUT2D eigenvalue weighted by Gasteiger charge is 2.53. The molecule has 2 heterocycles. The summed E-state index contributed by atoms with van der Waals surface area (Å²) in [6.45, 7) is 0. The van der Waals surface area contributed by atoms with Crippen molar-refractivity contribution in [3.05, 3.63) is 239 Å². The summed E-state index contributed by atoms with van der Waals surface area (Å²) in [5, 5.41) is 13.1. The van der Waals surface area contributed by atoms with Crippen LogP contribution in [0.4, 0.5) is 22.7 Å². The molecule has 2 N–H and O–H groups in total. The van der Waals surface area contributed by atoms with Crippen LogP contribution in [-0.2, 0) is 5.41 Å². The number of benzene rings is 9. The zero-order chi connectivity index (χ0) is 36.8. The maximum atomic E-state index is 4.05. The Labute approximate surface area is 326 Å². The molecule has 3 nitrogen and oxygen atoms in total. The second-order valence-electron chi connectivity index (χ2n) is 15.3. The van der Waals surface area contributed by atoms with Gasteiger partial charge in [-0.1, -0.05) is 170 Å². The standard InChI is InChI=1S/C53H37N3/c1-3-17-34(18-4-1)51-42-25-11-14-28-46(42)54-52(55-51)35-31-32-41-45(33-35)53(50-40-24-10-8-22-38(40)37-21-7-9-23-39(37)49(41)50)43-26-12-15-29-47(43)56(36-19-5-2-6-20-36)48-30-16-13-27-44(48)53/h1-33,51-52,54-55H. The quantitative estimate of drug-likeness (QED) is 0.178. The van der Waals surface area contributed by atoms with Crippen LogP contribution >= 0.6 is 0 Å². The maximum Gasteiger partial charge on any atom is 0.104 e. The highest BCUT2D eigenvalue weighted by atomic mass is 15.2. The Morgan fingerprint density at radius 2 is 1.02 bits per heavy atom. The van der Waals surface area contributed by atoms with Crippen LogP contribution < -0.4 is 15.5 Å². The molecule has 9 aromatic carbocycles. The van der Waals surface area contributed by atoms with Gasteiger partial charge in [0.25, 0.3) is 0 Å². The van der Waals surface area contributed by atoms with Crippen molar-refractivity contribution in [2.24, 2.45) is 0 Å². The molecule has 0 saturated heterocycles. The van der Waals surface area contributed by atoms with Crippen molar-refractivity contribution >= 4 is 44.3 Å². The Hall–Kier alpha value is -6.94. The first-order valence-corrected chi connectivity index (χ1v) is 19.6. The molecule has 0 amide bonds. The molecule has 3 aliphatic rings. The van der Waals surface area contributed by atoms with E-state index in [0.717, 1.165) is 11.4 Å². The summed E-state index contributed by atoms with van der Waals surface area (Å²) in [5.74, 6) is 0. The topological polar surface area (TPSA) is 27.3 Å². The highest BCUT2D eigenvalue weighted by molar-refractivity contribution is 6.19. The number of anilines is 4. The highest BCUT2D eigenvalue weighted by Crippen LogP contribution is 2.66. The zero-order valence-electron chi connectivity index (χ0n) is 30.7. The number of fused-ring (bicyclic) bond motifs is 15. The summed E-state index contributed by atoms with van der Waals surface area (Å²) in [6, 6.07) is 74.1. The van der Waals surface area contributed by atoms with E-state index >= 15 is 0 Å². The second-order valence-corrected chi connectivity index (χ2v) is 15.3. The predicted molar refractivity (Wildman–Crippen MR) is 231 cm³/mol. The van der Waals surface area contributed by atoms with Crippen molar-refractivity contribution < 1.29 is 0 Å². The van der Waals surface area contributed by atoms with Gasteiger partial charge in [0.15, 0.2) is 0 Å². The van der Waals surface area contributed by atoms with Crippen molar-refractivity contribution in [2.45, 2.75) is 17.6 Å². The monoisotopic (exact) mass is 715 g/mol. The van der Waals surface area contributed by atoms with Crippen LogP contribution in [0.15, 0.2) is 200 Å². The second kappa shape index (κ2) is 12.0. The molecule has 56 heavy (non-hydrogen) atoms. The summed E-state index contributed by atoms with van der Waals surface area (Å²) in [7, 11) is 0. The molecule has 0 fully saturated rings. The minimum atomic E-state index is -0.603. The Kier molecular flexibility index (Phi) is 6.75. The van der Waals surface area contributed by atoms with Gasteiger partial charge in [-0.15, -0.1) is 0 Å². The first-order valence-electron chi connectivity index (χ1n) is 19.6. The van der Waals surface area contributed by atoms with E-state index in [4.69, 9.17) is 0 Å². The van der Waals surface area contributed by atoms with Gasteiger partial charge < -0.3 is 10.2 Å². The molecule has 1 spiro atoms. The third-order valence-electron chi connectivity index (χ3n) is 12.5. The lowest BCUT2D eigenvalue weighted by Gasteiger charge is -2.45. The van der Waals surface area contributed by atoms with Gasteiger partial charge in [0, 0.05) is 11.4 Å². The molecule has 1 aliphatic carbocycles. The Morgan fingerprint density at radius 1 is 0.446 bits per heavy atom. The molecule has 264 valence electrons. The van der Waals surface area contributed by atoms with E-state index in [0.29, 0.717) is 0 Å². The van der Waals surface area contributed by atoms with Crippen LogP contribution in [0, 0.1) is 0 Å². The normalized spacial score (nSPS) is 17.1. The van der Waals surface area contributed by atoms with Crippen LogP contribution in [0.25, 0.3) is 32.7 Å². The van der Waals surface area contributed by atoms with Gasteiger partial charge in [0.1, 0.15) is 6.17 Å². The molecule has 0 aromatic heterocycles. The van der Waals surface area contributed by atoms with E-state index in [1.54, 1.807) is 0 Å². The predicted octanol–water partition coefficient (Wildman–Crippen LogP) is 12.9. The van der Waals surface area contributed by atoms with Crippen molar-refractivity contribution in [3.8, 4) is 11.1 Å². The maximum absolute atomic E-state index is 4.05. The molecular weight excluding hydrogens is 679 g/mol. The van der Waals surface area contributed by atoms with E-state index in [2.05, 4.69) is 216 Å². The van der Waals surface area contributed by atoms with Gasteiger partial charge in [-0.25, -0.2) is 0 Å². The van der Waals surface area contributed by atoms with Crippen molar-refractivity contribution in [1.82, 2.24) is 5.32 Å². The first-order chi connectivity index (χ1) is 27.8. The number of rotatable bonds is 3. The van der Waals surface area contributed by atoms with E-state index in [9.17, 15) is 0 Å². The minimum absolute atomic E-state index is 0.0431. The molecule has 2 unspecified atom stereocenters. The van der Waals surface area contributed by atoms with Crippen molar-refractivity contribution in [3.63, 3.8) is 0 Å². The number of nitrogens with one attached hydrogen (secondary N) is 2. The van der Waals surface area contributed by atoms with Gasteiger partial charge >= 0.3 is 0 Å². The molecule has 9 aromatic rings. The van der Waals surface area contributed by atoms with Gasteiger partial charge in [-0.05, 0) is 102 Å². The largest absolute Gasteiger partial charge is 0.366 e. The first kappa shape index (κ1) is 31.4. The van der Waals surface area contributed by atoms with Gasteiger partial charge in [-0.3, -0.25) is 5.32 Å². The average Bonchev–Trinajstić information content (AvgIpc) is 3.58. The third-order valence-corrected chi connectivity index (χ3v) is 12.5. The molecular formula is C53H37N3. The number of nitrogens with zero attached hydrogens (tertiary/aromatic N) is 1. The van der Waals surface area contributed by atoms with Gasteiger partial charge in [-0.2, -0.15) is 0 Å². The summed E-state index contributed by atoms with van der Waals surface area (Å²) >= 11 is 0. The molecule has 2 atom stereocenters. The van der Waals surface area contributed by atoms with Gasteiger partial charge in [0.05, 0.1) is 22.8 Å². The smallest absolute Gasteiger partial charge is 0.104 e.